The summed E-state index contributed by atoms with van der Waals surface area (Å²) in [6.45, 7) is 2.49. The molecule has 0 radical (unpaired) electrons. The first kappa shape index (κ1) is 11.8. The first-order valence-electron chi connectivity index (χ1n) is 7.39. The molecule has 0 aromatic rings. The zero-order valence-electron chi connectivity index (χ0n) is 10.5. The second-order valence-electron chi connectivity index (χ2n) is 6.70. The highest BCUT2D eigenvalue weighted by molar-refractivity contribution is 14.1. The number of fused-ring (bicyclic) bond motifs is 2. The maximum atomic E-state index is 2.78. The van der Waals surface area contributed by atoms with E-state index in [-0.39, 0.29) is 0 Å². The minimum absolute atomic E-state index is 0.985. The lowest BCUT2D eigenvalue weighted by atomic mass is 9.58. The maximum Gasteiger partial charge on any atom is 0.0166 e. The number of alkyl halides is 1. The highest BCUT2D eigenvalue weighted by Gasteiger charge is 2.43. The molecule has 0 nitrogen and oxygen atoms in total. The highest BCUT2D eigenvalue weighted by atomic mass is 127. The van der Waals surface area contributed by atoms with Crippen LogP contribution in [-0.2, 0) is 0 Å². The topological polar surface area (TPSA) is 0 Å². The van der Waals surface area contributed by atoms with Gasteiger partial charge >= 0.3 is 0 Å². The lowest BCUT2D eigenvalue weighted by molar-refractivity contribution is 0.0457. The van der Waals surface area contributed by atoms with Crippen molar-refractivity contribution < 1.29 is 0 Å². The average Bonchev–Trinajstić information content (AvgIpc) is 2.32. The van der Waals surface area contributed by atoms with Gasteiger partial charge in [-0.2, -0.15) is 0 Å². The van der Waals surface area contributed by atoms with Crippen molar-refractivity contribution in [1.29, 1.82) is 0 Å². The van der Waals surface area contributed by atoms with Gasteiger partial charge in [0.25, 0.3) is 0 Å². The first-order valence-corrected chi connectivity index (χ1v) is 8.64. The second-order valence-corrected chi connectivity index (χ2v) is 8.14. The van der Waals surface area contributed by atoms with E-state index in [2.05, 4.69) is 29.5 Å². The Kier molecular flexibility index (Phi) is 3.52. The van der Waals surface area contributed by atoms with Crippen molar-refractivity contribution in [3.63, 3.8) is 0 Å². The van der Waals surface area contributed by atoms with Crippen LogP contribution in [0.5, 0.6) is 0 Å². The van der Waals surface area contributed by atoms with E-state index in [4.69, 9.17) is 0 Å². The summed E-state index contributed by atoms with van der Waals surface area (Å²) in [5, 5.41) is 0. The van der Waals surface area contributed by atoms with E-state index in [1.54, 1.807) is 32.1 Å². The first-order chi connectivity index (χ1) is 7.75. The van der Waals surface area contributed by atoms with Gasteiger partial charge in [-0.3, -0.25) is 0 Å². The molecule has 92 valence electrons. The largest absolute Gasteiger partial charge is 0.0820 e. The molecule has 6 unspecified atom stereocenters. The lowest BCUT2D eigenvalue weighted by Gasteiger charge is -2.49. The van der Waals surface area contributed by atoms with E-state index < -0.39 is 0 Å². The van der Waals surface area contributed by atoms with Crippen LogP contribution in [0, 0.1) is 29.6 Å². The van der Waals surface area contributed by atoms with E-state index in [1.807, 2.05) is 0 Å². The van der Waals surface area contributed by atoms with Gasteiger partial charge in [0.15, 0.2) is 0 Å². The fourth-order valence-corrected chi connectivity index (χ4v) is 6.03. The molecule has 0 N–H and O–H groups in total. The monoisotopic (exact) mass is 332 g/mol. The van der Waals surface area contributed by atoms with Crippen LogP contribution >= 0.6 is 22.6 Å². The Hall–Kier alpha value is 0.730. The fourth-order valence-electron chi connectivity index (χ4n) is 4.79. The van der Waals surface area contributed by atoms with Gasteiger partial charge in [0, 0.05) is 3.92 Å². The summed E-state index contributed by atoms with van der Waals surface area (Å²) in [4.78, 5) is 0. The summed E-state index contributed by atoms with van der Waals surface area (Å²) in [6.07, 6.45) is 12.4. The average molecular weight is 332 g/mol. The maximum absolute atomic E-state index is 2.78. The van der Waals surface area contributed by atoms with Crippen molar-refractivity contribution in [2.75, 3.05) is 0 Å². The molecule has 1 heteroatoms. The smallest absolute Gasteiger partial charge is 0.0166 e. The molecule has 0 spiro atoms. The third kappa shape index (κ3) is 2.06. The van der Waals surface area contributed by atoms with Gasteiger partial charge in [-0.15, -0.1) is 0 Å². The predicted octanol–water partition coefficient (Wildman–Crippen LogP) is 5.05. The fraction of sp³-hybridized carbons (Fsp3) is 1.00. The quantitative estimate of drug-likeness (QED) is 0.430. The van der Waals surface area contributed by atoms with Gasteiger partial charge in [0.2, 0.25) is 0 Å². The summed E-state index contributed by atoms with van der Waals surface area (Å²) in [6, 6.07) is 0. The van der Waals surface area contributed by atoms with Crippen LogP contribution in [-0.4, -0.2) is 3.92 Å². The van der Waals surface area contributed by atoms with Crippen molar-refractivity contribution in [2.24, 2.45) is 29.6 Å². The van der Waals surface area contributed by atoms with E-state index in [0.717, 1.165) is 33.5 Å². The third-order valence-corrected chi connectivity index (χ3v) is 7.95. The van der Waals surface area contributed by atoms with Crippen LogP contribution in [0.1, 0.15) is 58.3 Å². The summed E-state index contributed by atoms with van der Waals surface area (Å²) >= 11 is 2.78. The van der Waals surface area contributed by atoms with Crippen molar-refractivity contribution >= 4 is 22.6 Å². The van der Waals surface area contributed by atoms with E-state index in [1.165, 1.54) is 19.3 Å². The number of hydrogen-bond acceptors (Lipinski definition) is 0. The number of halogens is 1. The Bertz CT molecular complexity index is 250. The van der Waals surface area contributed by atoms with Crippen molar-refractivity contribution in [1.82, 2.24) is 0 Å². The Labute approximate surface area is 114 Å². The van der Waals surface area contributed by atoms with Crippen LogP contribution in [0.15, 0.2) is 0 Å². The molecule has 0 saturated heterocycles. The molecule has 0 heterocycles. The molecule has 0 aliphatic heterocycles. The molecule has 3 rings (SSSR count). The third-order valence-electron chi connectivity index (χ3n) is 5.80. The van der Waals surface area contributed by atoms with Gasteiger partial charge in [0.05, 0.1) is 0 Å². The minimum Gasteiger partial charge on any atom is -0.0820 e. The Balaban J connectivity index is 1.72. The molecule has 0 bridgehead atoms. The van der Waals surface area contributed by atoms with E-state index in [0.29, 0.717) is 0 Å². The highest BCUT2D eigenvalue weighted by Crippen LogP contribution is 2.52. The van der Waals surface area contributed by atoms with Crippen molar-refractivity contribution in [3.8, 4) is 0 Å². The second kappa shape index (κ2) is 4.78. The zero-order chi connectivity index (χ0) is 11.1. The van der Waals surface area contributed by atoms with Crippen LogP contribution in [0.4, 0.5) is 0 Å². The number of rotatable bonds is 0. The molecule has 0 amide bonds. The summed E-state index contributed by atoms with van der Waals surface area (Å²) in [5.74, 6) is 5.44. The van der Waals surface area contributed by atoms with Crippen molar-refractivity contribution in [3.05, 3.63) is 0 Å². The molecule has 16 heavy (non-hydrogen) atoms. The number of hydrogen-bond donors (Lipinski definition) is 0. The normalized spacial score (nSPS) is 52.9. The molecule has 3 aliphatic carbocycles. The van der Waals surface area contributed by atoms with Crippen LogP contribution < -0.4 is 0 Å². The Morgan fingerprint density at radius 3 is 2.25 bits per heavy atom. The van der Waals surface area contributed by atoms with Crippen LogP contribution in [0.3, 0.4) is 0 Å². The molecule has 6 atom stereocenters. The van der Waals surface area contributed by atoms with Gasteiger partial charge in [-0.05, 0) is 55.3 Å². The molecular formula is C15H25I. The standard InChI is InChI=1S/C15H25I/c1-10-6-7-13-8-11-4-2-3-5-12(11)9-14(13)15(10)16/h10-15H,2-9H2,1H3. The molecule has 0 aromatic carbocycles. The SMILES string of the molecule is CC1CCC2CC3CCCCC3CC2C1I. The molecule has 3 aliphatic rings. The Morgan fingerprint density at radius 1 is 0.812 bits per heavy atom. The molecule has 3 saturated carbocycles. The van der Waals surface area contributed by atoms with Gasteiger partial charge in [0.1, 0.15) is 0 Å². The van der Waals surface area contributed by atoms with Crippen LogP contribution in [0.25, 0.3) is 0 Å². The lowest BCUT2D eigenvalue weighted by Crippen LogP contribution is -2.42. The van der Waals surface area contributed by atoms with Gasteiger partial charge in [-0.25, -0.2) is 0 Å². The summed E-state index contributed by atoms with van der Waals surface area (Å²) in [5.41, 5.74) is 0. The van der Waals surface area contributed by atoms with Crippen LogP contribution in [0.2, 0.25) is 0 Å². The summed E-state index contributed by atoms with van der Waals surface area (Å²) < 4.78 is 0.985. The minimum atomic E-state index is 0.985. The van der Waals surface area contributed by atoms with Gasteiger partial charge in [-0.1, -0.05) is 55.2 Å². The van der Waals surface area contributed by atoms with E-state index in [9.17, 15) is 0 Å². The summed E-state index contributed by atoms with van der Waals surface area (Å²) in [7, 11) is 0. The Morgan fingerprint density at radius 2 is 1.50 bits per heavy atom. The molecule has 3 fully saturated rings. The van der Waals surface area contributed by atoms with Gasteiger partial charge < -0.3 is 0 Å². The molecular weight excluding hydrogens is 307 g/mol. The van der Waals surface area contributed by atoms with Crippen molar-refractivity contribution in [2.45, 2.75) is 62.2 Å². The zero-order valence-corrected chi connectivity index (χ0v) is 12.7. The molecule has 0 aromatic heterocycles. The predicted molar refractivity (Wildman–Crippen MR) is 77.9 cm³/mol. The van der Waals surface area contributed by atoms with E-state index >= 15 is 0 Å².